The van der Waals surface area contributed by atoms with Crippen LogP contribution in [0.5, 0.6) is 5.75 Å². The summed E-state index contributed by atoms with van der Waals surface area (Å²) < 4.78 is 2.19. The molecule has 1 aliphatic heterocycles. The summed E-state index contributed by atoms with van der Waals surface area (Å²) in [5, 5.41) is 12.9. The number of aromatic nitrogens is 2. The van der Waals surface area contributed by atoms with Crippen molar-refractivity contribution in [2.45, 2.75) is 18.9 Å². The molecule has 1 aromatic carbocycles. The summed E-state index contributed by atoms with van der Waals surface area (Å²) in [6.45, 7) is 2.12. The highest BCUT2D eigenvalue weighted by molar-refractivity contribution is 5.77. The number of phenols is 1. The van der Waals surface area contributed by atoms with Crippen molar-refractivity contribution in [1.82, 2.24) is 14.9 Å². The molecule has 16 heavy (non-hydrogen) atoms. The normalized spacial score (nSPS) is 18.0. The molecule has 2 N–H and O–H groups in total. The van der Waals surface area contributed by atoms with Crippen molar-refractivity contribution < 1.29 is 5.11 Å². The highest BCUT2D eigenvalue weighted by Crippen LogP contribution is 2.26. The maximum Gasteiger partial charge on any atom is 0.117 e. The van der Waals surface area contributed by atoms with Crippen LogP contribution < -0.4 is 5.32 Å². The fraction of sp³-hybridized carbons (Fsp3) is 0.417. The molecule has 0 radical (unpaired) electrons. The quantitative estimate of drug-likeness (QED) is 0.764. The first-order valence-electron chi connectivity index (χ1n) is 5.71. The zero-order valence-corrected chi connectivity index (χ0v) is 9.06. The molecule has 0 spiro atoms. The number of rotatable bonds is 1. The van der Waals surface area contributed by atoms with Crippen molar-refractivity contribution in [3.05, 3.63) is 24.5 Å². The van der Waals surface area contributed by atoms with E-state index in [-0.39, 0.29) is 0 Å². The fourth-order valence-electron chi connectivity index (χ4n) is 2.39. The molecule has 2 heterocycles. The van der Waals surface area contributed by atoms with E-state index >= 15 is 0 Å². The van der Waals surface area contributed by atoms with E-state index in [1.54, 1.807) is 12.1 Å². The summed E-state index contributed by atoms with van der Waals surface area (Å²) in [5.41, 5.74) is 1.99. The van der Waals surface area contributed by atoms with Gasteiger partial charge in [0, 0.05) is 12.1 Å². The zero-order chi connectivity index (χ0) is 11.0. The number of benzene rings is 1. The molecule has 0 aliphatic carbocycles. The minimum Gasteiger partial charge on any atom is -0.508 e. The van der Waals surface area contributed by atoms with Crippen LogP contribution in [0.2, 0.25) is 0 Å². The van der Waals surface area contributed by atoms with Gasteiger partial charge in [0.15, 0.2) is 0 Å². The third kappa shape index (κ3) is 1.55. The molecule has 4 heteroatoms. The van der Waals surface area contributed by atoms with Gasteiger partial charge < -0.3 is 15.0 Å². The number of nitrogens with zero attached hydrogens (tertiary/aromatic N) is 2. The van der Waals surface area contributed by atoms with Gasteiger partial charge in [0.1, 0.15) is 5.75 Å². The summed E-state index contributed by atoms with van der Waals surface area (Å²) in [7, 11) is 0. The Labute approximate surface area is 93.9 Å². The minimum atomic E-state index is 0.309. The van der Waals surface area contributed by atoms with Gasteiger partial charge >= 0.3 is 0 Å². The minimum absolute atomic E-state index is 0.309. The molecule has 0 saturated carbocycles. The van der Waals surface area contributed by atoms with E-state index < -0.39 is 0 Å². The highest BCUT2D eigenvalue weighted by Gasteiger charge is 2.16. The Balaban J connectivity index is 2.05. The molecule has 4 nitrogen and oxygen atoms in total. The molecular weight excluding hydrogens is 202 g/mol. The van der Waals surface area contributed by atoms with Crippen LogP contribution in [0.25, 0.3) is 11.0 Å². The third-order valence-corrected chi connectivity index (χ3v) is 3.26. The van der Waals surface area contributed by atoms with E-state index in [1.165, 1.54) is 0 Å². The largest absolute Gasteiger partial charge is 0.508 e. The van der Waals surface area contributed by atoms with E-state index in [4.69, 9.17) is 0 Å². The molecule has 0 bridgehead atoms. The molecule has 1 aromatic heterocycles. The first-order chi connectivity index (χ1) is 7.84. The van der Waals surface area contributed by atoms with E-state index in [0.29, 0.717) is 11.8 Å². The van der Waals surface area contributed by atoms with Crippen LogP contribution in [-0.2, 0) is 0 Å². The van der Waals surface area contributed by atoms with Crippen LogP contribution >= 0.6 is 0 Å². The lowest BCUT2D eigenvalue weighted by Gasteiger charge is -2.24. The molecule has 0 atom stereocenters. The SMILES string of the molecule is Oc1ccc2ncn(C3CCNCC3)c2c1. The maximum atomic E-state index is 9.52. The van der Waals surface area contributed by atoms with Crippen LogP contribution in [0.4, 0.5) is 0 Å². The molecule has 2 aromatic rings. The highest BCUT2D eigenvalue weighted by atomic mass is 16.3. The Morgan fingerprint density at radius 3 is 2.94 bits per heavy atom. The van der Waals surface area contributed by atoms with E-state index in [2.05, 4.69) is 14.9 Å². The number of imidazole rings is 1. The monoisotopic (exact) mass is 217 g/mol. The number of fused-ring (bicyclic) bond motifs is 1. The summed E-state index contributed by atoms with van der Waals surface area (Å²) in [6.07, 6.45) is 4.14. The fourth-order valence-corrected chi connectivity index (χ4v) is 2.39. The summed E-state index contributed by atoms with van der Waals surface area (Å²) in [5.74, 6) is 0.309. The van der Waals surface area contributed by atoms with Crippen molar-refractivity contribution in [3.63, 3.8) is 0 Å². The number of piperidine rings is 1. The van der Waals surface area contributed by atoms with Crippen molar-refractivity contribution in [3.8, 4) is 5.75 Å². The summed E-state index contributed by atoms with van der Waals surface area (Å²) in [6, 6.07) is 5.85. The molecule has 1 aliphatic rings. The van der Waals surface area contributed by atoms with Crippen molar-refractivity contribution in [2.75, 3.05) is 13.1 Å². The molecule has 1 saturated heterocycles. The van der Waals surface area contributed by atoms with Crippen molar-refractivity contribution in [1.29, 1.82) is 0 Å². The smallest absolute Gasteiger partial charge is 0.117 e. The van der Waals surface area contributed by atoms with Gasteiger partial charge in [-0.3, -0.25) is 0 Å². The lowest BCUT2D eigenvalue weighted by molar-refractivity contribution is 0.374. The first kappa shape index (κ1) is 9.66. The Kier molecular flexibility index (Phi) is 2.29. The van der Waals surface area contributed by atoms with Crippen LogP contribution in [0.15, 0.2) is 24.5 Å². The average molecular weight is 217 g/mol. The van der Waals surface area contributed by atoms with Gasteiger partial charge in [-0.1, -0.05) is 0 Å². The van der Waals surface area contributed by atoms with E-state index in [9.17, 15) is 5.11 Å². The van der Waals surface area contributed by atoms with Crippen molar-refractivity contribution in [2.24, 2.45) is 0 Å². The lowest BCUT2D eigenvalue weighted by atomic mass is 10.1. The van der Waals surface area contributed by atoms with Gasteiger partial charge in [-0.15, -0.1) is 0 Å². The number of hydrogen-bond donors (Lipinski definition) is 2. The van der Waals surface area contributed by atoms with Gasteiger partial charge in [-0.25, -0.2) is 4.98 Å². The molecule has 0 unspecified atom stereocenters. The number of aromatic hydroxyl groups is 1. The zero-order valence-electron chi connectivity index (χ0n) is 9.06. The third-order valence-electron chi connectivity index (χ3n) is 3.26. The molecule has 1 fully saturated rings. The Hall–Kier alpha value is -1.55. The van der Waals surface area contributed by atoms with Gasteiger partial charge in [0.05, 0.1) is 17.4 Å². The molecule has 0 amide bonds. The molecule has 3 rings (SSSR count). The topological polar surface area (TPSA) is 50.1 Å². The Bertz CT molecular complexity index is 500. The second-order valence-corrected chi connectivity index (χ2v) is 4.31. The van der Waals surface area contributed by atoms with Gasteiger partial charge in [-0.05, 0) is 38.1 Å². The van der Waals surface area contributed by atoms with Crippen LogP contribution in [0, 0.1) is 0 Å². The predicted molar refractivity (Wildman–Crippen MR) is 62.5 cm³/mol. The maximum absolute atomic E-state index is 9.52. The number of phenolic OH excluding ortho intramolecular Hbond substituents is 1. The van der Waals surface area contributed by atoms with Crippen LogP contribution in [0.3, 0.4) is 0 Å². The summed E-state index contributed by atoms with van der Waals surface area (Å²) >= 11 is 0. The second-order valence-electron chi connectivity index (χ2n) is 4.31. The second kappa shape index (κ2) is 3.79. The van der Waals surface area contributed by atoms with Crippen LogP contribution in [-0.4, -0.2) is 27.7 Å². The van der Waals surface area contributed by atoms with E-state index in [1.807, 2.05) is 12.4 Å². The summed E-state index contributed by atoms with van der Waals surface area (Å²) in [4.78, 5) is 4.37. The number of nitrogens with one attached hydrogen (secondary N) is 1. The van der Waals surface area contributed by atoms with E-state index in [0.717, 1.165) is 37.0 Å². The molecular formula is C12H15N3O. The Morgan fingerprint density at radius 2 is 2.12 bits per heavy atom. The van der Waals surface area contributed by atoms with Gasteiger partial charge in [0.25, 0.3) is 0 Å². The van der Waals surface area contributed by atoms with Gasteiger partial charge in [-0.2, -0.15) is 0 Å². The standard InChI is InChI=1S/C12H15N3O/c16-10-1-2-11-12(7-10)15(8-14-11)9-3-5-13-6-4-9/h1-2,7-9,13,16H,3-6H2. The predicted octanol–water partition coefficient (Wildman–Crippen LogP) is 1.67. The first-order valence-corrected chi connectivity index (χ1v) is 5.71. The van der Waals surface area contributed by atoms with Gasteiger partial charge in [0.2, 0.25) is 0 Å². The average Bonchev–Trinajstić information content (AvgIpc) is 2.73. The number of hydrogen-bond acceptors (Lipinski definition) is 3. The Morgan fingerprint density at radius 1 is 1.31 bits per heavy atom. The lowest BCUT2D eigenvalue weighted by Crippen LogP contribution is -2.29. The van der Waals surface area contributed by atoms with Crippen LogP contribution in [0.1, 0.15) is 18.9 Å². The molecule has 84 valence electrons. The van der Waals surface area contributed by atoms with Crippen molar-refractivity contribution >= 4 is 11.0 Å².